The van der Waals surface area contributed by atoms with Gasteiger partial charge in [-0.25, -0.2) is 0 Å². The maximum atomic E-state index is 10.0. The molecule has 0 amide bonds. The fourth-order valence-electron chi connectivity index (χ4n) is 2.49. The quantitative estimate of drug-likeness (QED) is 0.798. The number of likely N-dealkylation sites (tertiary alicyclic amines) is 1. The van der Waals surface area contributed by atoms with Crippen molar-refractivity contribution in [2.24, 2.45) is 0 Å². The van der Waals surface area contributed by atoms with Gasteiger partial charge in [-0.1, -0.05) is 12.5 Å². The molecular formula is C16H25ClNO2-. The molecule has 1 aliphatic rings. The molecule has 0 saturated carbocycles. The third kappa shape index (κ3) is 5.31. The minimum absolute atomic E-state index is 0. The van der Waals surface area contributed by atoms with Gasteiger partial charge in [0, 0.05) is 6.54 Å². The van der Waals surface area contributed by atoms with Crippen LogP contribution < -0.4 is 17.1 Å². The number of β-amino-alcohol motifs (C(OH)–C–C–N with tert-alkyl or cyclic N) is 1. The largest absolute Gasteiger partial charge is 1.00 e. The third-order valence-electron chi connectivity index (χ3n) is 3.84. The molecule has 0 aromatic heterocycles. The zero-order chi connectivity index (χ0) is 13.7. The first-order chi connectivity index (χ1) is 9.15. The van der Waals surface area contributed by atoms with E-state index in [2.05, 4.69) is 24.8 Å². The number of ether oxygens (including phenoxy) is 1. The van der Waals surface area contributed by atoms with Crippen LogP contribution >= 0.6 is 0 Å². The Morgan fingerprint density at radius 3 is 2.50 bits per heavy atom. The fourth-order valence-corrected chi connectivity index (χ4v) is 2.49. The first-order valence-corrected chi connectivity index (χ1v) is 7.25. The number of nitrogens with zero attached hydrogens (tertiary/aromatic N) is 1. The zero-order valence-corrected chi connectivity index (χ0v) is 13.2. The summed E-state index contributed by atoms with van der Waals surface area (Å²) < 4.78 is 5.67. The van der Waals surface area contributed by atoms with Crippen molar-refractivity contribution in [2.75, 3.05) is 26.2 Å². The van der Waals surface area contributed by atoms with Crippen LogP contribution in [0.5, 0.6) is 5.75 Å². The second kappa shape index (κ2) is 8.50. The maximum absolute atomic E-state index is 10.0. The van der Waals surface area contributed by atoms with Gasteiger partial charge >= 0.3 is 0 Å². The van der Waals surface area contributed by atoms with Crippen molar-refractivity contribution in [3.63, 3.8) is 0 Å². The topological polar surface area (TPSA) is 32.7 Å². The van der Waals surface area contributed by atoms with E-state index in [1.54, 1.807) is 0 Å². The number of hydrogen-bond acceptors (Lipinski definition) is 3. The number of aryl methyl sites for hydroxylation is 2. The van der Waals surface area contributed by atoms with Crippen LogP contribution in [0.1, 0.15) is 30.4 Å². The lowest BCUT2D eigenvalue weighted by molar-refractivity contribution is -0.00000644. The second-order valence-corrected chi connectivity index (χ2v) is 5.57. The van der Waals surface area contributed by atoms with Crippen molar-refractivity contribution >= 4 is 0 Å². The van der Waals surface area contributed by atoms with Crippen LogP contribution in [-0.2, 0) is 0 Å². The molecule has 2 rings (SSSR count). The van der Waals surface area contributed by atoms with Gasteiger partial charge in [0.15, 0.2) is 0 Å². The van der Waals surface area contributed by atoms with E-state index in [1.165, 1.54) is 30.4 Å². The predicted octanol–water partition coefficient (Wildman–Crippen LogP) is -0.467. The Labute approximate surface area is 128 Å². The van der Waals surface area contributed by atoms with Crippen molar-refractivity contribution in [3.8, 4) is 5.75 Å². The van der Waals surface area contributed by atoms with Gasteiger partial charge in [0.2, 0.25) is 0 Å². The molecule has 114 valence electrons. The predicted molar refractivity (Wildman–Crippen MR) is 77.7 cm³/mol. The number of hydrogen-bond donors (Lipinski definition) is 1. The Kier molecular flexibility index (Phi) is 7.35. The molecule has 1 N–H and O–H groups in total. The number of halogens is 1. The molecule has 0 aliphatic carbocycles. The fraction of sp³-hybridized carbons (Fsp3) is 0.625. The SMILES string of the molecule is Cc1ccc(OCC(O)CN2CCCCC2)cc1C.[Cl-]. The number of aliphatic hydroxyl groups excluding tert-OH is 1. The molecule has 1 fully saturated rings. The summed E-state index contributed by atoms with van der Waals surface area (Å²) >= 11 is 0. The van der Waals surface area contributed by atoms with Crippen molar-refractivity contribution in [3.05, 3.63) is 29.3 Å². The van der Waals surface area contributed by atoms with Gasteiger partial charge in [0.05, 0.1) is 0 Å². The second-order valence-electron chi connectivity index (χ2n) is 5.57. The lowest BCUT2D eigenvalue weighted by atomic mass is 10.1. The summed E-state index contributed by atoms with van der Waals surface area (Å²) in [6, 6.07) is 6.06. The average molecular weight is 299 g/mol. The summed E-state index contributed by atoms with van der Waals surface area (Å²) in [5.74, 6) is 0.848. The molecule has 0 radical (unpaired) electrons. The molecule has 1 unspecified atom stereocenters. The average Bonchev–Trinajstić information content (AvgIpc) is 2.41. The Morgan fingerprint density at radius 1 is 1.15 bits per heavy atom. The lowest BCUT2D eigenvalue weighted by Gasteiger charge is -2.28. The van der Waals surface area contributed by atoms with E-state index in [-0.39, 0.29) is 12.4 Å². The van der Waals surface area contributed by atoms with E-state index >= 15 is 0 Å². The third-order valence-corrected chi connectivity index (χ3v) is 3.84. The molecule has 0 bridgehead atoms. The molecule has 0 spiro atoms. The molecular weight excluding hydrogens is 274 g/mol. The molecule has 1 aromatic carbocycles. The van der Waals surface area contributed by atoms with Crippen molar-refractivity contribution in [1.82, 2.24) is 4.90 Å². The van der Waals surface area contributed by atoms with E-state index in [9.17, 15) is 5.11 Å². The molecule has 1 aromatic rings. The first kappa shape index (κ1) is 17.3. The van der Waals surface area contributed by atoms with Gasteiger partial charge < -0.3 is 27.2 Å². The molecule has 20 heavy (non-hydrogen) atoms. The van der Waals surface area contributed by atoms with Crippen LogP contribution in [0.2, 0.25) is 0 Å². The summed E-state index contributed by atoms with van der Waals surface area (Å²) in [5.41, 5.74) is 2.49. The van der Waals surface area contributed by atoms with E-state index in [4.69, 9.17) is 4.74 Å². The van der Waals surface area contributed by atoms with Gasteiger partial charge in [-0.2, -0.15) is 0 Å². The molecule has 1 saturated heterocycles. The first-order valence-electron chi connectivity index (χ1n) is 7.25. The smallest absolute Gasteiger partial charge is 0.119 e. The van der Waals surface area contributed by atoms with Gasteiger partial charge in [-0.3, -0.25) is 0 Å². The van der Waals surface area contributed by atoms with Crippen LogP contribution in [-0.4, -0.2) is 42.4 Å². The number of piperidine rings is 1. The molecule has 1 aliphatic heterocycles. The van der Waals surface area contributed by atoms with Gasteiger partial charge in [-0.05, 0) is 63.0 Å². The summed E-state index contributed by atoms with van der Waals surface area (Å²) in [6.07, 6.45) is 3.43. The van der Waals surface area contributed by atoms with Crippen molar-refractivity contribution < 1.29 is 22.3 Å². The minimum atomic E-state index is -0.403. The van der Waals surface area contributed by atoms with Crippen molar-refractivity contribution in [2.45, 2.75) is 39.2 Å². The highest BCUT2D eigenvalue weighted by molar-refractivity contribution is 5.33. The Bertz CT molecular complexity index is 405. The monoisotopic (exact) mass is 298 g/mol. The molecule has 1 atom stereocenters. The van der Waals surface area contributed by atoms with Crippen LogP contribution in [0.4, 0.5) is 0 Å². The zero-order valence-electron chi connectivity index (χ0n) is 12.4. The van der Waals surface area contributed by atoms with E-state index in [0.717, 1.165) is 25.4 Å². The Hall–Kier alpha value is -0.770. The van der Waals surface area contributed by atoms with Crippen LogP contribution in [0.25, 0.3) is 0 Å². The van der Waals surface area contributed by atoms with Crippen LogP contribution in [0.3, 0.4) is 0 Å². The van der Waals surface area contributed by atoms with Gasteiger partial charge in [0.25, 0.3) is 0 Å². The number of rotatable bonds is 5. The molecule has 4 heteroatoms. The Morgan fingerprint density at radius 2 is 1.85 bits per heavy atom. The Balaban J connectivity index is 0.00000200. The number of aliphatic hydroxyl groups is 1. The van der Waals surface area contributed by atoms with Crippen LogP contribution in [0, 0.1) is 13.8 Å². The van der Waals surface area contributed by atoms with E-state index < -0.39 is 6.10 Å². The van der Waals surface area contributed by atoms with Gasteiger partial charge in [0.1, 0.15) is 18.5 Å². The summed E-state index contributed by atoms with van der Waals surface area (Å²) in [5, 5.41) is 10.0. The van der Waals surface area contributed by atoms with E-state index in [0.29, 0.717) is 6.61 Å². The van der Waals surface area contributed by atoms with Crippen molar-refractivity contribution in [1.29, 1.82) is 0 Å². The number of benzene rings is 1. The summed E-state index contributed by atoms with van der Waals surface area (Å²) in [7, 11) is 0. The standard InChI is InChI=1S/C16H25NO2.ClH/c1-13-6-7-16(10-14(13)2)19-12-15(18)11-17-8-4-3-5-9-17;/h6-7,10,15,18H,3-5,8-9,11-12H2,1-2H3;1H/p-1. The van der Waals surface area contributed by atoms with Crippen LogP contribution in [0.15, 0.2) is 18.2 Å². The summed E-state index contributed by atoms with van der Waals surface area (Å²) in [4.78, 5) is 2.33. The molecule has 1 heterocycles. The molecule has 3 nitrogen and oxygen atoms in total. The highest BCUT2D eigenvalue weighted by Crippen LogP contribution is 2.17. The minimum Gasteiger partial charge on any atom is -1.00 e. The highest BCUT2D eigenvalue weighted by Gasteiger charge is 2.15. The van der Waals surface area contributed by atoms with Gasteiger partial charge in [-0.15, -0.1) is 0 Å². The maximum Gasteiger partial charge on any atom is 0.119 e. The lowest BCUT2D eigenvalue weighted by Crippen LogP contribution is -3.00. The van der Waals surface area contributed by atoms with E-state index in [1.807, 2.05) is 12.1 Å². The normalized spacial score (nSPS) is 17.4. The highest BCUT2D eigenvalue weighted by atomic mass is 35.5. The summed E-state index contributed by atoms with van der Waals surface area (Å²) in [6.45, 7) is 7.49.